The standard InChI is InChI=1S/C26H30F3N5O3Si.C20H16F3N5O3/c1-16(37-38(6,7)25(2,3)4)22(32-19-12-13-21(31-5)20(14-19)26(27,28)29)24(36)34-33-23(35)18-10-8-17(15-30)9-11-18;1-11(29)17(26-14-7-8-16(25-2)15(9-14)20(21,22)23)19(31)28-27-18(30)13-5-3-12(10-24)4-6-13/h8-14,16,22,32H,1-4,6-7H3,(H,33,35)(H,34,36);3-9,11,17,26,29H,1H3,(H,27,30)(H,28,31)/t16-,22-;11-,17-/m11/s1. The van der Waals surface area contributed by atoms with Crippen molar-refractivity contribution >= 4 is 54.7 Å². The minimum atomic E-state index is -4.78. The molecule has 69 heavy (non-hydrogen) atoms. The average molecular weight is 977 g/mol. The molecule has 0 aliphatic rings. The first-order chi connectivity index (χ1) is 32.1. The molecule has 0 unspecified atom stereocenters. The smallest absolute Gasteiger partial charge is 0.407 e. The zero-order chi connectivity index (χ0) is 52.1. The van der Waals surface area contributed by atoms with Gasteiger partial charge in [0.05, 0.1) is 59.7 Å². The van der Waals surface area contributed by atoms with E-state index in [2.05, 4.69) is 42.0 Å². The average Bonchev–Trinajstić information content (AvgIpc) is 3.29. The number of carbonyl (C=O) groups excluding carboxylic acids is 4. The number of rotatable bonds is 12. The van der Waals surface area contributed by atoms with Crippen LogP contribution in [0.2, 0.25) is 18.1 Å². The number of alkyl halides is 6. The van der Waals surface area contributed by atoms with Crippen molar-refractivity contribution in [2.45, 2.75) is 89.4 Å². The largest absolute Gasteiger partial charge is 0.412 e. The SMILES string of the molecule is [C-]#[N+]c1ccc(N[C@@H](C(=O)NNC(=O)c2ccc(C#N)cc2)[C@@H](C)O)cc1C(F)(F)F.[C-]#[N+]c1ccc(N[C@@H](C(=O)NNC(=O)c2ccc(C#N)cc2)[C@@H](C)O[Si](C)(C)C(C)(C)C)cc1C(F)(F)F. The molecule has 0 aliphatic heterocycles. The van der Waals surface area contributed by atoms with Crippen LogP contribution in [0.1, 0.15) is 77.6 Å². The number of benzene rings is 4. The number of amides is 4. The molecular weight excluding hydrogens is 931 g/mol. The Hall–Kier alpha value is -7.96. The predicted molar refractivity (Wildman–Crippen MR) is 243 cm³/mol. The zero-order valence-electron chi connectivity index (χ0n) is 37.9. The fourth-order valence-electron chi connectivity index (χ4n) is 5.70. The van der Waals surface area contributed by atoms with Gasteiger partial charge in [0.15, 0.2) is 19.7 Å². The lowest BCUT2D eigenvalue weighted by Crippen LogP contribution is -2.55. The molecule has 0 fully saturated rings. The summed E-state index contributed by atoms with van der Waals surface area (Å²) in [4.78, 5) is 55.9. The lowest BCUT2D eigenvalue weighted by Gasteiger charge is -2.40. The second-order valence-corrected chi connectivity index (χ2v) is 21.3. The molecule has 0 saturated heterocycles. The van der Waals surface area contributed by atoms with Gasteiger partial charge in [-0.05, 0) is 105 Å². The van der Waals surface area contributed by atoms with E-state index in [9.17, 15) is 50.6 Å². The van der Waals surface area contributed by atoms with E-state index in [1.165, 1.54) is 67.6 Å². The van der Waals surface area contributed by atoms with Crippen molar-refractivity contribution in [2.75, 3.05) is 10.6 Å². The molecule has 0 aromatic heterocycles. The Labute approximate surface area is 394 Å². The van der Waals surface area contributed by atoms with Gasteiger partial charge >= 0.3 is 12.4 Å². The topological polar surface area (TPSA) is 226 Å². The van der Waals surface area contributed by atoms with E-state index in [1.807, 2.05) is 46.0 Å². The third-order valence-corrected chi connectivity index (χ3v) is 15.0. The molecular formula is C46H46F6N10O6Si. The Morgan fingerprint density at radius 3 is 1.32 bits per heavy atom. The van der Waals surface area contributed by atoms with Crippen LogP contribution < -0.4 is 32.3 Å². The summed E-state index contributed by atoms with van der Waals surface area (Å²) in [6, 6.07) is 18.3. The molecule has 0 heterocycles. The molecule has 4 atom stereocenters. The fourth-order valence-corrected chi connectivity index (χ4v) is 7.12. The monoisotopic (exact) mass is 976 g/mol. The number of nitrogens with zero attached hydrogens (tertiary/aromatic N) is 4. The number of aliphatic hydroxyl groups excluding tert-OH is 1. The van der Waals surface area contributed by atoms with E-state index in [1.54, 1.807) is 6.92 Å². The number of hydrogen-bond acceptors (Lipinski definition) is 10. The summed E-state index contributed by atoms with van der Waals surface area (Å²) < 4.78 is 86.2. The number of nitriles is 2. The van der Waals surface area contributed by atoms with E-state index < -0.39 is 91.1 Å². The van der Waals surface area contributed by atoms with Gasteiger partial charge < -0.3 is 20.2 Å². The van der Waals surface area contributed by atoms with Gasteiger partial charge in [-0.2, -0.15) is 36.9 Å². The van der Waals surface area contributed by atoms with Crippen molar-refractivity contribution in [3.8, 4) is 12.1 Å². The van der Waals surface area contributed by atoms with Gasteiger partial charge in [-0.25, -0.2) is 9.69 Å². The molecule has 23 heteroatoms. The molecule has 4 amide bonds. The Bertz CT molecular complexity index is 2680. The molecule has 4 rings (SSSR count). The summed E-state index contributed by atoms with van der Waals surface area (Å²) in [7, 11) is -2.41. The number of hydrogen-bond donors (Lipinski definition) is 7. The van der Waals surface area contributed by atoms with Gasteiger partial charge in [-0.3, -0.25) is 40.9 Å². The van der Waals surface area contributed by atoms with Gasteiger partial charge in [-0.1, -0.05) is 32.9 Å². The number of nitrogens with one attached hydrogen (secondary N) is 6. The quantitative estimate of drug-likeness (QED) is 0.0310. The van der Waals surface area contributed by atoms with Crippen LogP contribution in [0.3, 0.4) is 0 Å². The molecule has 0 radical (unpaired) electrons. The summed E-state index contributed by atoms with van der Waals surface area (Å²) >= 11 is 0. The first-order valence-corrected chi connectivity index (χ1v) is 23.2. The third kappa shape index (κ3) is 15.6. The van der Waals surface area contributed by atoms with Crippen molar-refractivity contribution in [1.82, 2.24) is 21.7 Å². The van der Waals surface area contributed by atoms with Gasteiger partial charge in [0, 0.05) is 22.5 Å². The number of carbonyl (C=O) groups is 4. The Kier molecular flexibility index (Phi) is 18.6. The summed E-state index contributed by atoms with van der Waals surface area (Å²) in [6.45, 7) is 26.7. The Morgan fingerprint density at radius 1 is 0.638 bits per heavy atom. The number of anilines is 2. The third-order valence-electron chi connectivity index (χ3n) is 10.4. The molecule has 0 spiro atoms. The number of aliphatic hydroxyl groups is 1. The van der Waals surface area contributed by atoms with Crippen LogP contribution in [0.25, 0.3) is 9.69 Å². The lowest BCUT2D eigenvalue weighted by molar-refractivity contribution is -0.137. The minimum absolute atomic E-state index is 0.0472. The zero-order valence-corrected chi connectivity index (χ0v) is 38.9. The maximum atomic E-state index is 13.5. The van der Waals surface area contributed by atoms with Gasteiger partial charge in [-0.15, -0.1) is 0 Å². The van der Waals surface area contributed by atoms with Crippen molar-refractivity contribution in [3.05, 3.63) is 141 Å². The van der Waals surface area contributed by atoms with Crippen LogP contribution in [0.15, 0.2) is 84.9 Å². The predicted octanol–water partition coefficient (Wildman–Crippen LogP) is 8.53. The van der Waals surface area contributed by atoms with Gasteiger partial charge in [0.1, 0.15) is 12.1 Å². The van der Waals surface area contributed by atoms with Crippen LogP contribution in [0, 0.1) is 35.8 Å². The van der Waals surface area contributed by atoms with E-state index in [-0.39, 0.29) is 27.5 Å². The summed E-state index contributed by atoms with van der Waals surface area (Å²) in [5.74, 6) is -3.02. The molecule has 0 aliphatic carbocycles. The minimum Gasteiger partial charge on any atom is -0.412 e. The number of halogens is 6. The van der Waals surface area contributed by atoms with Crippen molar-refractivity contribution in [2.24, 2.45) is 0 Å². The maximum absolute atomic E-state index is 13.5. The van der Waals surface area contributed by atoms with Gasteiger partial charge in [0.25, 0.3) is 23.6 Å². The highest BCUT2D eigenvalue weighted by atomic mass is 28.4. The highest BCUT2D eigenvalue weighted by Crippen LogP contribution is 2.40. The first kappa shape index (κ1) is 55.4. The second kappa shape index (κ2) is 23.2. The van der Waals surface area contributed by atoms with Crippen molar-refractivity contribution < 1.29 is 55.1 Å². The normalized spacial score (nSPS) is 13.1. The second-order valence-electron chi connectivity index (χ2n) is 16.5. The summed E-state index contributed by atoms with van der Waals surface area (Å²) in [6.07, 6.45) is -11.7. The Balaban J connectivity index is 0.000000373. The maximum Gasteiger partial charge on any atom is 0.407 e. The van der Waals surface area contributed by atoms with Crippen LogP contribution in [0.5, 0.6) is 0 Å². The van der Waals surface area contributed by atoms with Crippen molar-refractivity contribution in [3.63, 3.8) is 0 Å². The highest BCUT2D eigenvalue weighted by Gasteiger charge is 2.41. The van der Waals surface area contributed by atoms with Crippen molar-refractivity contribution in [1.29, 1.82) is 10.5 Å². The molecule has 7 N–H and O–H groups in total. The van der Waals surface area contributed by atoms with Crippen LogP contribution in [-0.2, 0) is 26.4 Å². The fraction of sp³-hybridized carbons (Fsp3) is 0.304. The molecule has 0 saturated carbocycles. The van der Waals surface area contributed by atoms with E-state index in [0.29, 0.717) is 17.2 Å². The van der Waals surface area contributed by atoms with Crippen LogP contribution >= 0.6 is 0 Å². The van der Waals surface area contributed by atoms with Crippen LogP contribution in [-0.4, -0.2) is 61.3 Å². The molecule has 362 valence electrons. The molecule has 16 nitrogen and oxygen atoms in total. The highest BCUT2D eigenvalue weighted by molar-refractivity contribution is 6.74. The van der Waals surface area contributed by atoms with E-state index >= 15 is 0 Å². The Morgan fingerprint density at radius 2 is 1.00 bits per heavy atom. The van der Waals surface area contributed by atoms with E-state index in [0.717, 1.165) is 18.2 Å². The number of hydrazine groups is 2. The summed E-state index contributed by atoms with van der Waals surface area (Å²) in [5.41, 5.74) is 6.10. The van der Waals surface area contributed by atoms with E-state index in [4.69, 9.17) is 28.1 Å². The molecule has 4 aromatic rings. The molecule has 0 bridgehead atoms. The lowest BCUT2D eigenvalue weighted by atomic mass is 10.1. The first-order valence-electron chi connectivity index (χ1n) is 20.3. The van der Waals surface area contributed by atoms with Crippen LogP contribution in [0.4, 0.5) is 49.1 Å². The molecule has 4 aromatic carbocycles. The van der Waals surface area contributed by atoms with Gasteiger partial charge in [0.2, 0.25) is 0 Å². The summed E-state index contributed by atoms with van der Waals surface area (Å²) in [5, 5.41) is 32.6.